The van der Waals surface area contributed by atoms with Crippen LogP contribution in [0.2, 0.25) is 0 Å². The summed E-state index contributed by atoms with van der Waals surface area (Å²) in [6.07, 6.45) is 5.99. The number of piperidine rings is 1. The van der Waals surface area contributed by atoms with Gasteiger partial charge in [-0.1, -0.05) is 19.8 Å². The van der Waals surface area contributed by atoms with Crippen molar-refractivity contribution < 1.29 is 17.9 Å². The number of ether oxygens (including phenoxy) is 1. The van der Waals surface area contributed by atoms with Gasteiger partial charge in [-0.05, 0) is 55.9 Å². The van der Waals surface area contributed by atoms with E-state index in [1.807, 2.05) is 0 Å². The molecule has 6 nitrogen and oxygen atoms in total. The van der Waals surface area contributed by atoms with Crippen LogP contribution in [0.15, 0.2) is 29.2 Å². The Hall–Kier alpha value is -1.60. The van der Waals surface area contributed by atoms with Crippen LogP contribution in [0, 0.1) is 11.8 Å². The summed E-state index contributed by atoms with van der Waals surface area (Å²) in [5.41, 5.74) is 0. The van der Waals surface area contributed by atoms with Crippen molar-refractivity contribution >= 4 is 15.9 Å². The fourth-order valence-electron chi connectivity index (χ4n) is 4.10. The molecular weight excluding hydrogens is 364 g/mol. The minimum atomic E-state index is -3.60. The van der Waals surface area contributed by atoms with E-state index in [9.17, 15) is 13.2 Å². The minimum absolute atomic E-state index is 0.00313. The first-order valence-electron chi connectivity index (χ1n) is 9.86. The molecule has 0 unspecified atom stereocenters. The van der Waals surface area contributed by atoms with E-state index >= 15 is 0 Å². The zero-order valence-corrected chi connectivity index (χ0v) is 17.0. The molecule has 3 atom stereocenters. The maximum absolute atomic E-state index is 13.0. The highest BCUT2D eigenvalue weighted by molar-refractivity contribution is 7.89. The Morgan fingerprint density at radius 3 is 2.48 bits per heavy atom. The van der Waals surface area contributed by atoms with E-state index in [-0.39, 0.29) is 29.3 Å². The van der Waals surface area contributed by atoms with Crippen LogP contribution in [-0.2, 0) is 14.8 Å². The summed E-state index contributed by atoms with van der Waals surface area (Å²) in [5.74, 6) is 0.834. The molecule has 150 valence electrons. The first-order chi connectivity index (χ1) is 12.9. The van der Waals surface area contributed by atoms with Crippen molar-refractivity contribution in [2.45, 2.75) is 56.4 Å². The number of benzene rings is 1. The van der Waals surface area contributed by atoms with Gasteiger partial charge in [-0.25, -0.2) is 8.42 Å². The van der Waals surface area contributed by atoms with Crippen molar-refractivity contribution in [1.29, 1.82) is 0 Å². The zero-order chi connectivity index (χ0) is 19.4. The Bertz CT molecular complexity index is 748. The highest BCUT2D eigenvalue weighted by Gasteiger charge is 2.34. The molecule has 0 radical (unpaired) electrons. The molecule has 1 aromatic rings. The van der Waals surface area contributed by atoms with Crippen LogP contribution in [0.25, 0.3) is 0 Å². The molecule has 7 heteroatoms. The normalized spacial score (nSPS) is 27.1. The second-order valence-electron chi connectivity index (χ2n) is 7.75. The summed E-state index contributed by atoms with van der Waals surface area (Å²) in [4.78, 5) is 13.0. The summed E-state index contributed by atoms with van der Waals surface area (Å²) in [6.45, 7) is 2.89. The third kappa shape index (κ3) is 4.63. The predicted octanol–water partition coefficient (Wildman–Crippen LogP) is 2.79. The second kappa shape index (κ2) is 8.61. The van der Waals surface area contributed by atoms with Gasteiger partial charge in [0.2, 0.25) is 15.9 Å². The molecule has 1 saturated heterocycles. The number of hydrogen-bond acceptors (Lipinski definition) is 4. The van der Waals surface area contributed by atoms with Crippen molar-refractivity contribution in [3.63, 3.8) is 0 Å². The van der Waals surface area contributed by atoms with E-state index in [1.165, 1.54) is 10.7 Å². The fraction of sp³-hybridized carbons (Fsp3) is 0.650. The van der Waals surface area contributed by atoms with E-state index in [2.05, 4.69) is 12.2 Å². The van der Waals surface area contributed by atoms with Crippen molar-refractivity contribution in [3.8, 4) is 5.75 Å². The highest BCUT2D eigenvalue weighted by atomic mass is 32.2. The Balaban J connectivity index is 1.66. The molecule has 1 amide bonds. The lowest BCUT2D eigenvalue weighted by Crippen LogP contribution is -2.49. The van der Waals surface area contributed by atoms with Gasteiger partial charge in [-0.3, -0.25) is 4.79 Å². The molecule has 1 saturated carbocycles. The predicted molar refractivity (Wildman–Crippen MR) is 104 cm³/mol. The zero-order valence-electron chi connectivity index (χ0n) is 16.2. The largest absolute Gasteiger partial charge is 0.497 e. The van der Waals surface area contributed by atoms with Crippen LogP contribution in [-0.4, -0.2) is 44.9 Å². The Morgan fingerprint density at radius 2 is 1.81 bits per heavy atom. The Morgan fingerprint density at radius 1 is 1.11 bits per heavy atom. The van der Waals surface area contributed by atoms with Crippen molar-refractivity contribution in [2.24, 2.45) is 11.8 Å². The van der Waals surface area contributed by atoms with Crippen LogP contribution in [0.5, 0.6) is 5.75 Å². The minimum Gasteiger partial charge on any atom is -0.497 e. The van der Waals surface area contributed by atoms with E-state index in [1.54, 1.807) is 31.4 Å². The number of nitrogens with one attached hydrogen (secondary N) is 1. The van der Waals surface area contributed by atoms with Crippen LogP contribution in [0.4, 0.5) is 0 Å². The fourth-order valence-corrected chi connectivity index (χ4v) is 5.63. The standard InChI is InChI=1S/C20H30N2O4S/c1-15-6-3-4-8-19(15)21-20(23)16-7-5-13-22(14-16)27(24,25)18-11-9-17(26-2)10-12-18/h9-12,15-16,19H,3-8,13-14H2,1-2H3,(H,21,23)/t15-,16-,19+/m1/s1. The van der Waals surface area contributed by atoms with E-state index in [0.717, 1.165) is 25.7 Å². The molecule has 0 spiro atoms. The van der Waals surface area contributed by atoms with E-state index in [4.69, 9.17) is 4.74 Å². The smallest absolute Gasteiger partial charge is 0.243 e. The van der Waals surface area contributed by atoms with Crippen LogP contribution < -0.4 is 10.1 Å². The van der Waals surface area contributed by atoms with E-state index in [0.29, 0.717) is 24.6 Å². The van der Waals surface area contributed by atoms with Gasteiger partial charge in [0.05, 0.1) is 17.9 Å². The Kier molecular flexibility index (Phi) is 6.42. The van der Waals surface area contributed by atoms with E-state index < -0.39 is 10.0 Å². The van der Waals surface area contributed by atoms with Crippen molar-refractivity contribution in [2.75, 3.05) is 20.2 Å². The third-order valence-corrected chi connectivity index (χ3v) is 7.77. The first kappa shape index (κ1) is 20.1. The molecule has 1 aliphatic heterocycles. The molecule has 27 heavy (non-hydrogen) atoms. The van der Waals surface area contributed by atoms with Gasteiger partial charge in [0, 0.05) is 19.1 Å². The molecule has 0 bridgehead atoms. The van der Waals surface area contributed by atoms with Gasteiger partial charge in [0.25, 0.3) is 0 Å². The quantitative estimate of drug-likeness (QED) is 0.833. The number of carbonyl (C=O) groups is 1. The highest BCUT2D eigenvalue weighted by Crippen LogP contribution is 2.27. The number of methoxy groups -OCH3 is 1. The summed E-state index contributed by atoms with van der Waals surface area (Å²) in [5, 5.41) is 3.19. The van der Waals surface area contributed by atoms with Crippen LogP contribution in [0.1, 0.15) is 45.4 Å². The molecule has 2 aliphatic rings. The van der Waals surface area contributed by atoms with Gasteiger partial charge in [0.1, 0.15) is 5.75 Å². The average Bonchev–Trinajstić information content (AvgIpc) is 2.70. The SMILES string of the molecule is COc1ccc(S(=O)(=O)N2CCC[C@@H](C(=O)N[C@H]3CCCC[C@H]3C)C2)cc1. The monoisotopic (exact) mass is 394 g/mol. The van der Waals surface area contributed by atoms with Gasteiger partial charge in [0.15, 0.2) is 0 Å². The molecular formula is C20H30N2O4S. The van der Waals surface area contributed by atoms with Gasteiger partial charge in [-0.2, -0.15) is 4.31 Å². The second-order valence-corrected chi connectivity index (χ2v) is 9.69. The first-order valence-corrected chi connectivity index (χ1v) is 11.3. The Labute approximate surface area is 162 Å². The van der Waals surface area contributed by atoms with Crippen molar-refractivity contribution in [3.05, 3.63) is 24.3 Å². The third-order valence-electron chi connectivity index (χ3n) is 5.89. The summed E-state index contributed by atoms with van der Waals surface area (Å²) in [7, 11) is -2.05. The number of hydrogen-bond donors (Lipinski definition) is 1. The van der Waals surface area contributed by atoms with Crippen LogP contribution >= 0.6 is 0 Å². The maximum Gasteiger partial charge on any atom is 0.243 e. The molecule has 2 fully saturated rings. The average molecular weight is 395 g/mol. The van der Waals surface area contributed by atoms with Gasteiger partial charge in [-0.15, -0.1) is 0 Å². The van der Waals surface area contributed by atoms with Crippen LogP contribution in [0.3, 0.4) is 0 Å². The van der Waals surface area contributed by atoms with Gasteiger partial charge < -0.3 is 10.1 Å². The number of amides is 1. The number of nitrogens with zero attached hydrogens (tertiary/aromatic N) is 1. The molecule has 0 aromatic heterocycles. The molecule has 1 aromatic carbocycles. The summed E-state index contributed by atoms with van der Waals surface area (Å²) < 4.78 is 32.4. The molecule has 1 aliphatic carbocycles. The lowest BCUT2D eigenvalue weighted by atomic mass is 9.85. The maximum atomic E-state index is 13.0. The van der Waals surface area contributed by atoms with Crippen molar-refractivity contribution in [1.82, 2.24) is 9.62 Å². The summed E-state index contributed by atoms with van der Waals surface area (Å²) in [6, 6.07) is 6.62. The molecule has 1 N–H and O–H groups in total. The number of rotatable bonds is 5. The summed E-state index contributed by atoms with van der Waals surface area (Å²) >= 11 is 0. The molecule has 1 heterocycles. The lowest BCUT2D eigenvalue weighted by molar-refractivity contribution is -0.127. The lowest BCUT2D eigenvalue weighted by Gasteiger charge is -2.34. The molecule has 3 rings (SSSR count). The number of sulfonamides is 1. The van der Waals surface area contributed by atoms with Gasteiger partial charge >= 0.3 is 0 Å². The number of carbonyl (C=O) groups excluding carboxylic acids is 1. The topological polar surface area (TPSA) is 75.7 Å².